The topological polar surface area (TPSA) is 48.9 Å². The molecular weight excluding hydrogens is 415 g/mol. The van der Waals surface area contributed by atoms with Gasteiger partial charge in [0.1, 0.15) is 5.75 Å². The van der Waals surface area contributed by atoms with Crippen LogP contribution in [-0.4, -0.2) is 50.7 Å². The number of nitrogens with zero attached hydrogens (tertiary/aromatic N) is 2. The number of methoxy groups -OCH3 is 1. The number of benzene rings is 1. The van der Waals surface area contributed by atoms with Crippen LogP contribution in [0.25, 0.3) is 0 Å². The lowest BCUT2D eigenvalue weighted by Crippen LogP contribution is -2.38. The van der Waals surface area contributed by atoms with Crippen LogP contribution in [0.3, 0.4) is 0 Å². The fraction of sp³-hybridized carbons (Fsp3) is 0.611. The molecule has 0 aliphatic carbocycles. The number of guanidine groups is 1. The molecule has 138 valence electrons. The maximum absolute atomic E-state index is 5.38. The Labute approximate surface area is 164 Å². The molecule has 0 spiro atoms. The van der Waals surface area contributed by atoms with Crippen LogP contribution in [0.2, 0.25) is 0 Å². The lowest BCUT2D eigenvalue weighted by molar-refractivity contribution is 0.224. The van der Waals surface area contributed by atoms with E-state index in [9.17, 15) is 0 Å². The average molecular weight is 448 g/mol. The number of rotatable bonds is 9. The van der Waals surface area contributed by atoms with Crippen molar-refractivity contribution in [3.05, 3.63) is 29.8 Å². The smallest absolute Gasteiger partial charge is 0.191 e. The molecule has 0 aliphatic heterocycles. The highest BCUT2D eigenvalue weighted by molar-refractivity contribution is 14.0. The summed E-state index contributed by atoms with van der Waals surface area (Å²) in [6, 6.07) is 8.53. The molecule has 1 atom stereocenters. The molecule has 0 radical (unpaired) electrons. The van der Waals surface area contributed by atoms with E-state index in [2.05, 4.69) is 55.4 Å². The Balaban J connectivity index is 0.00000529. The number of ether oxygens (including phenoxy) is 1. The maximum atomic E-state index is 5.38. The van der Waals surface area contributed by atoms with Crippen molar-refractivity contribution in [3.63, 3.8) is 0 Å². The quantitative estimate of drug-likeness (QED) is 0.346. The largest absolute Gasteiger partial charge is 0.497 e. The van der Waals surface area contributed by atoms with Crippen LogP contribution >= 0.6 is 24.0 Å². The molecule has 0 heterocycles. The van der Waals surface area contributed by atoms with Crippen molar-refractivity contribution in [2.45, 2.75) is 33.7 Å². The van der Waals surface area contributed by atoms with Crippen molar-refractivity contribution in [1.82, 2.24) is 15.5 Å². The second-order valence-electron chi connectivity index (χ2n) is 5.26. The summed E-state index contributed by atoms with van der Waals surface area (Å²) >= 11 is 0. The van der Waals surface area contributed by atoms with Gasteiger partial charge in [-0.2, -0.15) is 0 Å². The summed E-state index contributed by atoms with van der Waals surface area (Å²) in [4.78, 5) is 7.19. The van der Waals surface area contributed by atoms with Crippen LogP contribution in [-0.2, 0) is 0 Å². The molecule has 1 rings (SSSR count). The van der Waals surface area contributed by atoms with Crippen molar-refractivity contribution in [3.8, 4) is 5.75 Å². The third-order valence-corrected chi connectivity index (χ3v) is 3.84. The van der Waals surface area contributed by atoms with Crippen molar-refractivity contribution in [2.24, 2.45) is 4.99 Å². The monoisotopic (exact) mass is 448 g/mol. The summed E-state index contributed by atoms with van der Waals surface area (Å²) < 4.78 is 5.38. The number of likely N-dealkylation sites (N-methyl/N-ethyl adjacent to an activating group) is 1. The SMILES string of the molecule is CCNC(=NCC(c1cccc(OC)c1)N(CC)CC)NCC.I. The van der Waals surface area contributed by atoms with Gasteiger partial charge in [0.15, 0.2) is 5.96 Å². The molecular formula is C18H33IN4O. The average Bonchev–Trinajstić information content (AvgIpc) is 2.58. The third-order valence-electron chi connectivity index (χ3n) is 3.84. The van der Waals surface area contributed by atoms with E-state index in [1.807, 2.05) is 12.1 Å². The fourth-order valence-electron chi connectivity index (χ4n) is 2.63. The van der Waals surface area contributed by atoms with Crippen LogP contribution < -0.4 is 15.4 Å². The van der Waals surface area contributed by atoms with Crippen LogP contribution in [0, 0.1) is 0 Å². The number of hydrogen-bond acceptors (Lipinski definition) is 3. The highest BCUT2D eigenvalue weighted by atomic mass is 127. The van der Waals surface area contributed by atoms with E-state index >= 15 is 0 Å². The molecule has 24 heavy (non-hydrogen) atoms. The standard InChI is InChI=1S/C18H32N4O.HI/c1-6-19-18(20-7-2)21-14-17(22(8-3)9-4)15-11-10-12-16(13-15)23-5;/h10-13,17H,6-9,14H2,1-5H3,(H2,19,20,21);1H. The summed E-state index contributed by atoms with van der Waals surface area (Å²) in [5.74, 6) is 1.76. The van der Waals surface area contributed by atoms with Crippen molar-refractivity contribution in [2.75, 3.05) is 39.8 Å². The molecule has 1 unspecified atom stereocenters. The second kappa shape index (κ2) is 13.3. The van der Waals surface area contributed by atoms with E-state index in [4.69, 9.17) is 9.73 Å². The number of halogens is 1. The molecule has 0 bridgehead atoms. The normalized spacial score (nSPS) is 11.4. The first-order valence-electron chi connectivity index (χ1n) is 8.60. The van der Waals surface area contributed by atoms with Gasteiger partial charge >= 0.3 is 0 Å². The molecule has 6 heteroatoms. The zero-order valence-corrected chi connectivity index (χ0v) is 18.0. The maximum Gasteiger partial charge on any atom is 0.191 e. The van der Waals surface area contributed by atoms with Gasteiger partial charge in [-0.05, 0) is 44.6 Å². The van der Waals surface area contributed by atoms with Crippen molar-refractivity contribution in [1.29, 1.82) is 0 Å². The molecule has 0 saturated heterocycles. The molecule has 5 nitrogen and oxygen atoms in total. The lowest BCUT2D eigenvalue weighted by Gasteiger charge is -2.29. The van der Waals surface area contributed by atoms with Gasteiger partial charge in [0.2, 0.25) is 0 Å². The predicted molar refractivity (Wildman–Crippen MR) is 114 cm³/mol. The van der Waals surface area contributed by atoms with Crippen LogP contribution in [0.1, 0.15) is 39.3 Å². The Morgan fingerprint density at radius 1 is 1.12 bits per heavy atom. The van der Waals surface area contributed by atoms with E-state index in [0.717, 1.165) is 37.9 Å². The summed E-state index contributed by atoms with van der Waals surface area (Å²) in [6.07, 6.45) is 0. The molecule has 1 aromatic carbocycles. The number of nitrogens with one attached hydrogen (secondary N) is 2. The van der Waals surface area contributed by atoms with Crippen LogP contribution in [0.5, 0.6) is 5.75 Å². The Bertz CT molecular complexity index is 470. The van der Waals surface area contributed by atoms with E-state index in [-0.39, 0.29) is 30.0 Å². The van der Waals surface area contributed by atoms with E-state index < -0.39 is 0 Å². The summed E-state index contributed by atoms with van der Waals surface area (Å²) in [5.41, 5.74) is 1.24. The zero-order chi connectivity index (χ0) is 17.1. The van der Waals surface area contributed by atoms with Gasteiger partial charge < -0.3 is 15.4 Å². The minimum absolute atomic E-state index is 0. The predicted octanol–water partition coefficient (Wildman–Crippen LogP) is 3.27. The summed E-state index contributed by atoms with van der Waals surface area (Å²) in [7, 11) is 1.71. The third kappa shape index (κ3) is 7.25. The second-order valence-corrected chi connectivity index (χ2v) is 5.26. The zero-order valence-electron chi connectivity index (χ0n) is 15.6. The number of aliphatic imine (C=N–C) groups is 1. The van der Waals surface area contributed by atoms with Crippen molar-refractivity contribution < 1.29 is 4.74 Å². The van der Waals surface area contributed by atoms with Crippen LogP contribution in [0.15, 0.2) is 29.3 Å². The first-order valence-corrected chi connectivity index (χ1v) is 8.60. The summed E-state index contributed by atoms with van der Waals surface area (Å²) in [5, 5.41) is 6.57. The van der Waals surface area contributed by atoms with E-state index in [1.165, 1.54) is 5.56 Å². The molecule has 0 amide bonds. The Morgan fingerprint density at radius 3 is 2.25 bits per heavy atom. The van der Waals surface area contributed by atoms with Gasteiger partial charge in [0, 0.05) is 13.1 Å². The van der Waals surface area contributed by atoms with Gasteiger partial charge in [-0.15, -0.1) is 24.0 Å². The number of hydrogen-bond donors (Lipinski definition) is 2. The van der Waals surface area contributed by atoms with Gasteiger partial charge in [-0.1, -0.05) is 26.0 Å². The molecule has 0 aliphatic rings. The van der Waals surface area contributed by atoms with Crippen molar-refractivity contribution >= 4 is 29.9 Å². The Kier molecular flexibility index (Phi) is 12.7. The highest BCUT2D eigenvalue weighted by Crippen LogP contribution is 2.24. The molecule has 2 N–H and O–H groups in total. The van der Waals surface area contributed by atoms with Crippen LogP contribution in [0.4, 0.5) is 0 Å². The van der Waals surface area contributed by atoms with Gasteiger partial charge in [-0.25, -0.2) is 0 Å². The lowest BCUT2D eigenvalue weighted by atomic mass is 10.0. The minimum Gasteiger partial charge on any atom is -0.497 e. The molecule has 0 saturated carbocycles. The summed E-state index contributed by atoms with van der Waals surface area (Å²) in [6.45, 7) is 13.0. The first kappa shape index (κ1) is 23.0. The highest BCUT2D eigenvalue weighted by Gasteiger charge is 2.18. The first-order chi connectivity index (χ1) is 11.2. The molecule has 0 fully saturated rings. The van der Waals surface area contributed by atoms with Gasteiger partial charge in [0.05, 0.1) is 19.7 Å². The Hall–Kier alpha value is -1.02. The van der Waals surface area contributed by atoms with E-state index in [1.54, 1.807) is 7.11 Å². The Morgan fingerprint density at radius 2 is 1.75 bits per heavy atom. The van der Waals surface area contributed by atoms with Gasteiger partial charge in [-0.3, -0.25) is 9.89 Å². The van der Waals surface area contributed by atoms with E-state index in [0.29, 0.717) is 6.54 Å². The molecule has 1 aromatic rings. The van der Waals surface area contributed by atoms with Gasteiger partial charge in [0.25, 0.3) is 0 Å². The minimum atomic E-state index is 0. The molecule has 0 aromatic heterocycles. The fourth-order valence-corrected chi connectivity index (χ4v) is 2.63.